The van der Waals surface area contributed by atoms with Gasteiger partial charge in [-0.15, -0.1) is 0 Å². The Morgan fingerprint density at radius 1 is 0.917 bits per heavy atom. The second-order valence-corrected chi connectivity index (χ2v) is 5.94. The highest BCUT2D eigenvalue weighted by molar-refractivity contribution is 5.88. The first-order valence-electron chi connectivity index (χ1n) is 8.01. The average molecular weight is 314 g/mol. The van der Waals surface area contributed by atoms with E-state index in [4.69, 9.17) is 4.98 Å². The Hall–Kier alpha value is -2.91. The maximum Gasteiger partial charge on any atom is 0.138 e. The van der Waals surface area contributed by atoms with Crippen molar-refractivity contribution in [2.24, 2.45) is 0 Å². The van der Waals surface area contributed by atoms with Gasteiger partial charge >= 0.3 is 0 Å². The Morgan fingerprint density at radius 3 is 2.50 bits per heavy atom. The number of hydrogen-bond acceptors (Lipinski definition) is 2. The van der Waals surface area contributed by atoms with Crippen molar-refractivity contribution >= 4 is 11.0 Å². The van der Waals surface area contributed by atoms with Gasteiger partial charge in [-0.1, -0.05) is 54.6 Å². The molecule has 0 bridgehead atoms. The molecule has 3 nitrogen and oxygen atoms in total. The van der Waals surface area contributed by atoms with Gasteiger partial charge in [-0.3, -0.25) is 0 Å². The lowest BCUT2D eigenvalue weighted by atomic mass is 9.99. The number of hydrogen-bond donors (Lipinski definition) is 2. The molecule has 0 unspecified atom stereocenters. The molecule has 3 aromatic carbocycles. The minimum atomic E-state index is 0.0330. The quantitative estimate of drug-likeness (QED) is 0.576. The van der Waals surface area contributed by atoms with Crippen LogP contribution in [0.1, 0.15) is 11.1 Å². The predicted molar refractivity (Wildman–Crippen MR) is 97.6 cm³/mol. The molecule has 0 saturated carbocycles. The van der Waals surface area contributed by atoms with Gasteiger partial charge in [0.1, 0.15) is 5.82 Å². The van der Waals surface area contributed by atoms with E-state index >= 15 is 0 Å². The number of nitrogens with zero attached hydrogens (tertiary/aromatic N) is 1. The van der Waals surface area contributed by atoms with Crippen LogP contribution in [-0.2, 0) is 6.61 Å². The van der Waals surface area contributed by atoms with E-state index in [-0.39, 0.29) is 6.61 Å². The van der Waals surface area contributed by atoms with E-state index in [2.05, 4.69) is 48.3 Å². The summed E-state index contributed by atoms with van der Waals surface area (Å²) in [6.45, 7) is 2.14. The molecule has 0 aliphatic carbocycles. The third-order valence-corrected chi connectivity index (χ3v) is 4.38. The highest BCUT2D eigenvalue weighted by Gasteiger charge is 2.11. The van der Waals surface area contributed by atoms with Gasteiger partial charge in [0.15, 0.2) is 0 Å². The van der Waals surface area contributed by atoms with Gasteiger partial charge in [-0.2, -0.15) is 0 Å². The monoisotopic (exact) mass is 314 g/mol. The molecule has 0 saturated heterocycles. The van der Waals surface area contributed by atoms with E-state index < -0.39 is 0 Å². The minimum Gasteiger partial charge on any atom is -0.392 e. The zero-order valence-electron chi connectivity index (χ0n) is 13.5. The van der Waals surface area contributed by atoms with Gasteiger partial charge in [-0.25, -0.2) is 4.98 Å². The fourth-order valence-electron chi connectivity index (χ4n) is 3.10. The molecule has 24 heavy (non-hydrogen) atoms. The van der Waals surface area contributed by atoms with Crippen LogP contribution in [0.5, 0.6) is 0 Å². The van der Waals surface area contributed by atoms with E-state index in [1.165, 1.54) is 16.7 Å². The van der Waals surface area contributed by atoms with Crippen molar-refractivity contribution in [1.82, 2.24) is 9.97 Å². The summed E-state index contributed by atoms with van der Waals surface area (Å²) in [5.74, 6) is 0.827. The van der Waals surface area contributed by atoms with Crippen molar-refractivity contribution in [3.05, 3.63) is 77.9 Å². The average Bonchev–Trinajstić information content (AvgIpc) is 3.08. The summed E-state index contributed by atoms with van der Waals surface area (Å²) < 4.78 is 0. The minimum absolute atomic E-state index is 0.0330. The lowest BCUT2D eigenvalue weighted by Crippen LogP contribution is -1.86. The van der Waals surface area contributed by atoms with Crippen molar-refractivity contribution in [3.8, 4) is 22.5 Å². The van der Waals surface area contributed by atoms with Crippen LogP contribution in [0.25, 0.3) is 33.5 Å². The fraction of sp³-hybridized carbons (Fsp3) is 0.0952. The number of H-pyrrole nitrogens is 1. The summed E-state index contributed by atoms with van der Waals surface area (Å²) in [5, 5.41) is 9.32. The van der Waals surface area contributed by atoms with Gasteiger partial charge in [-0.05, 0) is 41.3 Å². The molecule has 0 radical (unpaired) electrons. The number of aliphatic hydroxyl groups is 1. The molecule has 0 amide bonds. The molecular formula is C21H18N2O. The summed E-state index contributed by atoms with van der Waals surface area (Å²) in [5.41, 5.74) is 7.44. The van der Waals surface area contributed by atoms with Crippen molar-refractivity contribution in [2.45, 2.75) is 13.5 Å². The molecule has 0 atom stereocenters. The topological polar surface area (TPSA) is 48.9 Å². The molecule has 4 aromatic rings. The number of aromatic amines is 1. The van der Waals surface area contributed by atoms with E-state index in [1.54, 1.807) is 0 Å². The molecular weight excluding hydrogens is 296 g/mol. The van der Waals surface area contributed by atoms with Crippen LogP contribution in [0.4, 0.5) is 0 Å². The summed E-state index contributed by atoms with van der Waals surface area (Å²) in [6.07, 6.45) is 0. The van der Waals surface area contributed by atoms with Crippen LogP contribution in [-0.4, -0.2) is 15.1 Å². The van der Waals surface area contributed by atoms with Crippen LogP contribution >= 0.6 is 0 Å². The first kappa shape index (κ1) is 14.7. The van der Waals surface area contributed by atoms with Crippen molar-refractivity contribution in [2.75, 3.05) is 0 Å². The third kappa shape index (κ3) is 2.49. The number of nitrogens with one attached hydrogen (secondary N) is 1. The highest BCUT2D eigenvalue weighted by atomic mass is 16.3. The SMILES string of the molecule is Cc1c(-c2ccccc2)ccc2[nH]c(-c3cccc(CO)c3)nc12. The van der Waals surface area contributed by atoms with Gasteiger partial charge in [0.2, 0.25) is 0 Å². The lowest BCUT2D eigenvalue weighted by molar-refractivity contribution is 0.282. The third-order valence-electron chi connectivity index (χ3n) is 4.38. The smallest absolute Gasteiger partial charge is 0.138 e. The standard InChI is InChI=1S/C21H18N2O/c1-14-18(16-7-3-2-4-8-16)10-11-19-20(14)23-21(22-19)17-9-5-6-15(12-17)13-24/h2-12,24H,13H2,1H3,(H,22,23). The molecule has 0 spiro atoms. The second-order valence-electron chi connectivity index (χ2n) is 5.94. The highest BCUT2D eigenvalue weighted by Crippen LogP contribution is 2.30. The number of aryl methyl sites for hydroxylation is 1. The van der Waals surface area contributed by atoms with E-state index in [0.29, 0.717) is 0 Å². The van der Waals surface area contributed by atoms with Crippen LogP contribution in [0.3, 0.4) is 0 Å². The molecule has 0 fully saturated rings. The molecule has 1 aromatic heterocycles. The van der Waals surface area contributed by atoms with Gasteiger partial charge in [0.05, 0.1) is 17.6 Å². The number of fused-ring (bicyclic) bond motifs is 1. The zero-order valence-corrected chi connectivity index (χ0v) is 13.5. The second kappa shape index (κ2) is 5.95. The van der Waals surface area contributed by atoms with Crippen LogP contribution < -0.4 is 0 Å². The summed E-state index contributed by atoms with van der Waals surface area (Å²) >= 11 is 0. The Labute approximate surface area is 140 Å². The van der Waals surface area contributed by atoms with Crippen molar-refractivity contribution in [1.29, 1.82) is 0 Å². The number of imidazole rings is 1. The zero-order chi connectivity index (χ0) is 16.5. The van der Waals surface area contributed by atoms with Crippen LogP contribution in [0, 0.1) is 6.92 Å². The van der Waals surface area contributed by atoms with Crippen LogP contribution in [0.2, 0.25) is 0 Å². The van der Waals surface area contributed by atoms with Gasteiger partial charge < -0.3 is 10.1 Å². The summed E-state index contributed by atoms with van der Waals surface area (Å²) in [6, 6.07) is 22.4. The maximum atomic E-state index is 9.32. The Balaban J connectivity index is 1.85. The normalized spacial score (nSPS) is 11.1. The molecule has 118 valence electrons. The first-order chi connectivity index (χ1) is 11.8. The summed E-state index contributed by atoms with van der Waals surface area (Å²) in [7, 11) is 0. The molecule has 1 heterocycles. The maximum absolute atomic E-state index is 9.32. The van der Waals surface area contributed by atoms with Crippen LogP contribution in [0.15, 0.2) is 66.7 Å². The number of aromatic nitrogens is 2. The summed E-state index contributed by atoms with van der Waals surface area (Å²) in [4.78, 5) is 8.20. The largest absolute Gasteiger partial charge is 0.392 e. The number of aliphatic hydroxyl groups excluding tert-OH is 1. The Bertz CT molecular complexity index is 1000. The lowest BCUT2D eigenvalue weighted by Gasteiger charge is -2.06. The van der Waals surface area contributed by atoms with Crippen molar-refractivity contribution < 1.29 is 5.11 Å². The molecule has 0 aliphatic heterocycles. The molecule has 2 N–H and O–H groups in total. The fourth-order valence-corrected chi connectivity index (χ4v) is 3.10. The first-order valence-corrected chi connectivity index (χ1v) is 8.01. The number of rotatable bonds is 3. The van der Waals surface area contributed by atoms with Crippen molar-refractivity contribution in [3.63, 3.8) is 0 Å². The molecule has 4 rings (SSSR count). The Kier molecular flexibility index (Phi) is 3.63. The molecule has 0 aliphatic rings. The predicted octanol–water partition coefficient (Wildman–Crippen LogP) is 4.70. The van der Waals surface area contributed by atoms with E-state index in [1.807, 2.05) is 30.3 Å². The van der Waals surface area contributed by atoms with E-state index in [9.17, 15) is 5.11 Å². The van der Waals surface area contributed by atoms with Gasteiger partial charge in [0, 0.05) is 5.56 Å². The Morgan fingerprint density at radius 2 is 1.71 bits per heavy atom. The van der Waals surface area contributed by atoms with Gasteiger partial charge in [0.25, 0.3) is 0 Å². The molecule has 3 heteroatoms. The van der Waals surface area contributed by atoms with E-state index in [0.717, 1.165) is 28.0 Å². The number of benzene rings is 3.